The number of aromatic hydroxyl groups is 1. The van der Waals surface area contributed by atoms with Gasteiger partial charge in [0.1, 0.15) is 0 Å². The Balaban J connectivity index is 2.24. The molecule has 0 fully saturated rings. The van der Waals surface area contributed by atoms with Gasteiger partial charge in [-0.05, 0) is 24.3 Å². The fraction of sp³-hybridized carbons (Fsp3) is 0. The quantitative estimate of drug-likeness (QED) is 0.683. The highest BCUT2D eigenvalue weighted by molar-refractivity contribution is 6.07. The van der Waals surface area contributed by atoms with Crippen molar-refractivity contribution in [1.82, 2.24) is 4.98 Å². The molecule has 4 N–H and O–H groups in total. The highest BCUT2D eigenvalue weighted by Crippen LogP contribution is 2.20. The topological polar surface area (TPSA) is 88.2 Å². The predicted octanol–water partition coefficient (Wildman–Crippen LogP) is 1.62. The Labute approximate surface area is 97.9 Å². The van der Waals surface area contributed by atoms with Crippen LogP contribution in [0.15, 0.2) is 42.6 Å². The van der Waals surface area contributed by atoms with Crippen molar-refractivity contribution in [2.24, 2.45) is 0 Å². The third-order valence-corrected chi connectivity index (χ3v) is 2.22. The zero-order valence-electron chi connectivity index (χ0n) is 8.92. The maximum atomic E-state index is 11.8. The van der Waals surface area contributed by atoms with Gasteiger partial charge in [-0.15, -0.1) is 0 Å². The van der Waals surface area contributed by atoms with Crippen LogP contribution >= 0.6 is 0 Å². The number of amides is 1. The summed E-state index contributed by atoms with van der Waals surface area (Å²) >= 11 is 0. The summed E-state index contributed by atoms with van der Waals surface area (Å²) in [6, 6.07) is 9.70. The molecule has 1 heterocycles. The molecule has 0 bridgehead atoms. The molecule has 0 aliphatic rings. The van der Waals surface area contributed by atoms with E-state index in [2.05, 4.69) is 10.3 Å². The lowest BCUT2D eigenvalue weighted by atomic mass is 10.1. The average molecular weight is 229 g/mol. The van der Waals surface area contributed by atoms with Crippen LogP contribution in [0.5, 0.6) is 5.75 Å². The van der Waals surface area contributed by atoms with E-state index < -0.39 is 5.91 Å². The third kappa shape index (κ3) is 2.34. The fourth-order valence-electron chi connectivity index (χ4n) is 1.37. The van der Waals surface area contributed by atoms with Gasteiger partial charge >= 0.3 is 0 Å². The van der Waals surface area contributed by atoms with Crippen LogP contribution in [0.3, 0.4) is 0 Å². The van der Waals surface area contributed by atoms with Crippen molar-refractivity contribution in [2.75, 3.05) is 11.1 Å². The second-order valence-electron chi connectivity index (χ2n) is 3.41. The Hall–Kier alpha value is -2.56. The van der Waals surface area contributed by atoms with E-state index in [-0.39, 0.29) is 11.6 Å². The number of nitrogens with one attached hydrogen (secondary N) is 1. The van der Waals surface area contributed by atoms with Gasteiger partial charge in [0.25, 0.3) is 5.91 Å². The third-order valence-electron chi connectivity index (χ3n) is 2.22. The first kappa shape index (κ1) is 10.9. The van der Waals surface area contributed by atoms with Gasteiger partial charge in [-0.2, -0.15) is 0 Å². The second kappa shape index (κ2) is 4.52. The molecule has 5 nitrogen and oxygen atoms in total. The highest BCUT2D eigenvalue weighted by Gasteiger charge is 2.11. The lowest BCUT2D eigenvalue weighted by molar-refractivity contribution is 0.102. The number of nitrogens with two attached hydrogens (primary N) is 1. The van der Waals surface area contributed by atoms with E-state index in [1.807, 2.05) is 0 Å². The number of aromatic nitrogens is 1. The van der Waals surface area contributed by atoms with E-state index in [9.17, 15) is 9.90 Å². The first-order valence-corrected chi connectivity index (χ1v) is 4.98. The molecular weight excluding hydrogens is 218 g/mol. The number of rotatable bonds is 2. The molecule has 5 heteroatoms. The maximum absolute atomic E-state index is 11.8. The number of carbonyl (C=O) groups excluding carboxylic acids is 1. The number of anilines is 2. The molecule has 0 radical (unpaired) electrons. The Bertz CT molecular complexity index is 555. The molecular formula is C12H11N3O2. The van der Waals surface area contributed by atoms with Gasteiger partial charge in [-0.1, -0.05) is 12.1 Å². The van der Waals surface area contributed by atoms with Crippen LogP contribution in [0.2, 0.25) is 0 Å². The summed E-state index contributed by atoms with van der Waals surface area (Å²) in [6.07, 6.45) is 1.48. The minimum atomic E-state index is -0.405. The average Bonchev–Trinajstić information content (AvgIpc) is 2.32. The Morgan fingerprint density at radius 2 is 2.00 bits per heavy atom. The van der Waals surface area contributed by atoms with Crippen molar-refractivity contribution in [2.45, 2.75) is 0 Å². The van der Waals surface area contributed by atoms with Crippen LogP contribution in [0.1, 0.15) is 10.4 Å². The Morgan fingerprint density at radius 1 is 1.24 bits per heavy atom. The summed E-state index contributed by atoms with van der Waals surface area (Å²) in [5.74, 6) is -0.381. The van der Waals surface area contributed by atoms with E-state index >= 15 is 0 Å². The van der Waals surface area contributed by atoms with Gasteiger partial charge in [0, 0.05) is 11.9 Å². The highest BCUT2D eigenvalue weighted by atomic mass is 16.3. The number of hydrogen-bond donors (Lipinski definition) is 3. The van der Waals surface area contributed by atoms with Crippen molar-refractivity contribution in [3.8, 4) is 5.75 Å². The van der Waals surface area contributed by atoms with Crippen LogP contribution in [0.4, 0.5) is 11.5 Å². The van der Waals surface area contributed by atoms with Crippen molar-refractivity contribution >= 4 is 17.4 Å². The van der Waals surface area contributed by atoms with Crippen molar-refractivity contribution in [3.63, 3.8) is 0 Å². The molecule has 0 saturated heterocycles. The summed E-state index contributed by atoms with van der Waals surface area (Å²) in [4.78, 5) is 15.7. The molecule has 1 aromatic heterocycles. The Kier molecular flexibility index (Phi) is 2.91. The van der Waals surface area contributed by atoms with E-state index in [0.717, 1.165) is 0 Å². The Morgan fingerprint density at radius 3 is 2.71 bits per heavy atom. The first-order valence-electron chi connectivity index (χ1n) is 4.98. The summed E-state index contributed by atoms with van der Waals surface area (Å²) in [5, 5.41) is 12.0. The van der Waals surface area contributed by atoms with Gasteiger partial charge in [0.05, 0.1) is 5.56 Å². The van der Waals surface area contributed by atoms with Crippen molar-refractivity contribution < 1.29 is 9.90 Å². The molecule has 1 amide bonds. The number of pyridine rings is 1. The largest absolute Gasteiger partial charge is 0.504 e. The molecule has 2 aromatic rings. The van der Waals surface area contributed by atoms with Gasteiger partial charge in [-0.25, -0.2) is 4.98 Å². The summed E-state index contributed by atoms with van der Waals surface area (Å²) in [7, 11) is 0. The standard InChI is InChI=1S/C12H11N3O2/c13-9-5-2-1-4-8(9)12(17)15-11-10(16)6-3-7-14-11/h1-7,16H,13H2,(H,14,15,17). The van der Waals surface area contributed by atoms with E-state index in [1.165, 1.54) is 12.3 Å². The second-order valence-corrected chi connectivity index (χ2v) is 3.41. The minimum absolute atomic E-state index is 0.0876. The molecule has 2 rings (SSSR count). The van der Waals surface area contributed by atoms with Crippen LogP contribution < -0.4 is 11.1 Å². The summed E-state index contributed by atoms with van der Waals surface area (Å²) in [5.41, 5.74) is 6.39. The van der Waals surface area contributed by atoms with Crippen molar-refractivity contribution in [1.29, 1.82) is 0 Å². The maximum Gasteiger partial charge on any atom is 0.259 e. The monoisotopic (exact) mass is 229 g/mol. The molecule has 17 heavy (non-hydrogen) atoms. The molecule has 0 unspecified atom stereocenters. The van der Waals surface area contributed by atoms with Crippen LogP contribution in [-0.2, 0) is 0 Å². The first-order chi connectivity index (χ1) is 8.18. The van der Waals surface area contributed by atoms with Crippen LogP contribution in [-0.4, -0.2) is 16.0 Å². The fourth-order valence-corrected chi connectivity index (χ4v) is 1.37. The number of carbonyl (C=O) groups is 1. The van der Waals surface area contributed by atoms with Gasteiger partial charge in [0.2, 0.25) is 0 Å². The SMILES string of the molecule is Nc1ccccc1C(=O)Nc1ncccc1O. The molecule has 0 aliphatic carbocycles. The predicted molar refractivity (Wildman–Crippen MR) is 64.7 cm³/mol. The minimum Gasteiger partial charge on any atom is -0.504 e. The lowest BCUT2D eigenvalue weighted by Crippen LogP contribution is -2.14. The summed E-state index contributed by atoms with van der Waals surface area (Å²) in [6.45, 7) is 0. The van der Waals surface area contributed by atoms with Gasteiger partial charge in [0.15, 0.2) is 11.6 Å². The molecule has 0 saturated carbocycles. The van der Waals surface area contributed by atoms with Gasteiger partial charge < -0.3 is 16.2 Å². The number of nitrogen functional groups attached to an aromatic ring is 1. The van der Waals surface area contributed by atoms with Crippen molar-refractivity contribution in [3.05, 3.63) is 48.2 Å². The number of para-hydroxylation sites is 1. The number of hydrogen-bond acceptors (Lipinski definition) is 4. The van der Waals surface area contributed by atoms with Crippen LogP contribution in [0.25, 0.3) is 0 Å². The molecule has 0 atom stereocenters. The number of benzene rings is 1. The van der Waals surface area contributed by atoms with E-state index in [0.29, 0.717) is 11.3 Å². The molecule has 86 valence electrons. The summed E-state index contributed by atoms with van der Waals surface area (Å²) < 4.78 is 0. The van der Waals surface area contributed by atoms with Gasteiger partial charge in [-0.3, -0.25) is 4.79 Å². The zero-order chi connectivity index (χ0) is 12.3. The smallest absolute Gasteiger partial charge is 0.259 e. The molecule has 0 spiro atoms. The number of nitrogens with zero attached hydrogens (tertiary/aromatic N) is 1. The van der Waals surface area contributed by atoms with Crippen LogP contribution in [0, 0.1) is 0 Å². The normalized spacial score (nSPS) is 9.88. The molecule has 0 aliphatic heterocycles. The molecule has 1 aromatic carbocycles. The lowest BCUT2D eigenvalue weighted by Gasteiger charge is -2.07. The van der Waals surface area contributed by atoms with E-state index in [4.69, 9.17) is 5.73 Å². The van der Waals surface area contributed by atoms with E-state index in [1.54, 1.807) is 30.3 Å². The zero-order valence-corrected chi connectivity index (χ0v) is 8.92.